The fourth-order valence-corrected chi connectivity index (χ4v) is 2.59. The van der Waals surface area contributed by atoms with Crippen LogP contribution in [0.25, 0.3) is 21.9 Å². The first-order chi connectivity index (χ1) is 11.3. The molecule has 0 saturated heterocycles. The maximum Gasteiger partial charge on any atom is 0.276 e. The van der Waals surface area contributed by atoms with Crippen LogP contribution < -0.4 is 5.56 Å². The van der Waals surface area contributed by atoms with E-state index in [0.29, 0.717) is 22.1 Å². The van der Waals surface area contributed by atoms with Crippen LogP contribution in [0.3, 0.4) is 0 Å². The largest absolute Gasteiger partial charge is 0.320 e. The van der Waals surface area contributed by atoms with Gasteiger partial charge in [0.25, 0.3) is 5.56 Å². The number of rotatable bonds is 3. The van der Waals surface area contributed by atoms with Crippen LogP contribution >= 0.6 is 0 Å². The Kier molecular flexibility index (Phi) is 3.04. The lowest BCUT2D eigenvalue weighted by Gasteiger charge is -1.96. The van der Waals surface area contributed by atoms with Gasteiger partial charge in [0, 0.05) is 0 Å². The molecule has 0 spiro atoms. The quantitative estimate of drug-likeness (QED) is 0.502. The summed E-state index contributed by atoms with van der Waals surface area (Å²) in [4.78, 5) is 15.0. The molecule has 23 heavy (non-hydrogen) atoms. The third kappa shape index (κ3) is 2.22. The minimum absolute atomic E-state index is 0.269. The summed E-state index contributed by atoms with van der Waals surface area (Å²) < 4.78 is 0. The molecular weight excluding hydrogens is 292 g/mol. The standard InChI is InChI=1S/C16H14N6O/c1-2-9-3-5-10(6-4-9)18-20-15-13-11(17-16(15)23)7-8-12-14(13)21-22-19-12/h3-8,19,22H,2H2,1H3,(H,17,23). The molecule has 0 aliphatic rings. The van der Waals surface area contributed by atoms with E-state index >= 15 is 0 Å². The molecule has 2 aromatic carbocycles. The number of aryl methyl sites for hydroxylation is 1. The van der Waals surface area contributed by atoms with Gasteiger partial charge in [0.1, 0.15) is 5.52 Å². The number of hydrogen-bond acceptors (Lipinski definition) is 4. The SMILES string of the molecule is CCc1ccc(N=Nc2c(=O)[nH]c3ccc4[nH][nH]nc4c23)cc1. The zero-order chi connectivity index (χ0) is 15.8. The molecule has 2 heterocycles. The normalized spacial score (nSPS) is 11.9. The van der Waals surface area contributed by atoms with E-state index in [1.54, 1.807) is 0 Å². The second-order valence-corrected chi connectivity index (χ2v) is 5.26. The highest BCUT2D eigenvalue weighted by Gasteiger charge is 2.14. The fraction of sp³-hybridized carbons (Fsp3) is 0.125. The summed E-state index contributed by atoms with van der Waals surface area (Å²) in [7, 11) is 0. The minimum Gasteiger partial charge on any atom is -0.320 e. The maximum absolute atomic E-state index is 12.2. The van der Waals surface area contributed by atoms with E-state index in [0.717, 1.165) is 11.9 Å². The van der Waals surface area contributed by atoms with Crippen LogP contribution in [-0.2, 0) is 6.42 Å². The summed E-state index contributed by atoms with van der Waals surface area (Å²) >= 11 is 0. The van der Waals surface area contributed by atoms with Crippen LogP contribution in [0, 0.1) is 0 Å². The van der Waals surface area contributed by atoms with Crippen LogP contribution in [0.1, 0.15) is 12.5 Å². The number of fused-ring (bicyclic) bond motifs is 3. The first-order valence-electron chi connectivity index (χ1n) is 7.34. The topological polar surface area (TPSA) is 102 Å². The van der Waals surface area contributed by atoms with E-state index in [-0.39, 0.29) is 11.2 Å². The zero-order valence-electron chi connectivity index (χ0n) is 12.4. The number of H-pyrrole nitrogens is 3. The lowest BCUT2D eigenvalue weighted by Crippen LogP contribution is -1.95. The van der Waals surface area contributed by atoms with Gasteiger partial charge in [-0.05, 0) is 36.2 Å². The van der Waals surface area contributed by atoms with Crippen molar-refractivity contribution in [3.8, 4) is 0 Å². The Morgan fingerprint density at radius 2 is 1.83 bits per heavy atom. The van der Waals surface area contributed by atoms with Gasteiger partial charge in [-0.15, -0.1) is 5.11 Å². The van der Waals surface area contributed by atoms with Crippen molar-refractivity contribution in [2.45, 2.75) is 13.3 Å². The Morgan fingerprint density at radius 1 is 1.04 bits per heavy atom. The number of hydrogen-bond donors (Lipinski definition) is 3. The molecule has 0 saturated carbocycles. The summed E-state index contributed by atoms with van der Waals surface area (Å²) in [5.74, 6) is 0. The number of nitrogens with zero attached hydrogens (tertiary/aromatic N) is 3. The molecule has 0 amide bonds. The number of azo groups is 1. The third-order valence-corrected chi connectivity index (χ3v) is 3.85. The van der Waals surface area contributed by atoms with Crippen molar-refractivity contribution in [2.24, 2.45) is 10.2 Å². The predicted molar refractivity (Wildman–Crippen MR) is 88.6 cm³/mol. The average molecular weight is 306 g/mol. The van der Waals surface area contributed by atoms with Crippen LogP contribution in [0.15, 0.2) is 51.4 Å². The van der Waals surface area contributed by atoms with Gasteiger partial charge >= 0.3 is 0 Å². The van der Waals surface area contributed by atoms with E-state index in [1.807, 2.05) is 36.4 Å². The minimum atomic E-state index is -0.274. The monoisotopic (exact) mass is 306 g/mol. The van der Waals surface area contributed by atoms with Crippen molar-refractivity contribution < 1.29 is 0 Å². The number of aromatic nitrogens is 4. The molecule has 0 unspecified atom stereocenters. The Bertz CT molecular complexity index is 1070. The predicted octanol–water partition coefficient (Wildman–Crippen LogP) is 3.71. The van der Waals surface area contributed by atoms with Gasteiger partial charge in [-0.3, -0.25) is 9.89 Å². The van der Waals surface area contributed by atoms with Crippen LogP contribution in [0.4, 0.5) is 11.4 Å². The Labute approximate surface area is 130 Å². The van der Waals surface area contributed by atoms with Crippen LogP contribution in [-0.4, -0.2) is 20.4 Å². The fourth-order valence-electron chi connectivity index (χ4n) is 2.59. The molecule has 4 aromatic rings. The lowest BCUT2D eigenvalue weighted by atomic mass is 10.2. The Morgan fingerprint density at radius 3 is 2.61 bits per heavy atom. The highest BCUT2D eigenvalue weighted by molar-refractivity contribution is 6.08. The summed E-state index contributed by atoms with van der Waals surface area (Å²) in [6.07, 6.45) is 0.970. The summed E-state index contributed by atoms with van der Waals surface area (Å²) in [5.41, 5.74) is 4.09. The van der Waals surface area contributed by atoms with E-state index < -0.39 is 0 Å². The molecule has 0 radical (unpaired) electrons. The molecule has 4 rings (SSSR count). The molecule has 0 aliphatic heterocycles. The molecule has 0 fully saturated rings. The average Bonchev–Trinajstić information content (AvgIpc) is 3.16. The first kappa shape index (κ1) is 13.4. The van der Waals surface area contributed by atoms with Gasteiger partial charge in [-0.25, -0.2) is 5.21 Å². The van der Waals surface area contributed by atoms with Gasteiger partial charge in [-0.2, -0.15) is 10.2 Å². The van der Waals surface area contributed by atoms with Crippen molar-refractivity contribution in [1.82, 2.24) is 20.4 Å². The van der Waals surface area contributed by atoms with Crippen LogP contribution in [0.2, 0.25) is 0 Å². The molecule has 114 valence electrons. The maximum atomic E-state index is 12.2. The zero-order valence-corrected chi connectivity index (χ0v) is 12.4. The first-order valence-corrected chi connectivity index (χ1v) is 7.34. The van der Waals surface area contributed by atoms with Crippen molar-refractivity contribution in [1.29, 1.82) is 0 Å². The molecule has 3 N–H and O–H groups in total. The number of benzene rings is 2. The van der Waals surface area contributed by atoms with Gasteiger partial charge < -0.3 is 4.98 Å². The molecular formula is C16H14N6O. The Balaban J connectivity index is 1.84. The van der Waals surface area contributed by atoms with Gasteiger partial charge in [0.2, 0.25) is 0 Å². The second-order valence-electron chi connectivity index (χ2n) is 5.26. The highest BCUT2D eigenvalue weighted by atomic mass is 16.1. The lowest BCUT2D eigenvalue weighted by molar-refractivity contribution is 0.960. The number of aromatic amines is 3. The second kappa shape index (κ2) is 5.20. The van der Waals surface area contributed by atoms with Crippen molar-refractivity contribution in [3.63, 3.8) is 0 Å². The molecule has 2 aromatic heterocycles. The van der Waals surface area contributed by atoms with Gasteiger partial charge in [0.05, 0.1) is 22.1 Å². The molecule has 0 atom stereocenters. The summed E-state index contributed by atoms with van der Waals surface area (Å²) in [6, 6.07) is 11.5. The van der Waals surface area contributed by atoms with E-state index in [2.05, 4.69) is 37.5 Å². The third-order valence-electron chi connectivity index (χ3n) is 3.85. The van der Waals surface area contributed by atoms with Crippen molar-refractivity contribution in [3.05, 3.63) is 52.3 Å². The molecule has 7 nitrogen and oxygen atoms in total. The molecule has 0 bridgehead atoms. The van der Waals surface area contributed by atoms with Gasteiger partial charge in [0.15, 0.2) is 5.69 Å². The van der Waals surface area contributed by atoms with Gasteiger partial charge in [-0.1, -0.05) is 19.1 Å². The van der Waals surface area contributed by atoms with Crippen molar-refractivity contribution in [2.75, 3.05) is 0 Å². The molecule has 7 heteroatoms. The van der Waals surface area contributed by atoms with Crippen LogP contribution in [0.5, 0.6) is 0 Å². The van der Waals surface area contributed by atoms with E-state index in [9.17, 15) is 4.79 Å². The van der Waals surface area contributed by atoms with E-state index in [1.165, 1.54) is 5.56 Å². The highest BCUT2D eigenvalue weighted by Crippen LogP contribution is 2.29. The Hall–Kier alpha value is -3.22. The smallest absolute Gasteiger partial charge is 0.276 e. The molecule has 0 aliphatic carbocycles. The van der Waals surface area contributed by atoms with E-state index in [4.69, 9.17) is 0 Å². The summed E-state index contributed by atoms with van der Waals surface area (Å²) in [5, 5.41) is 18.8. The van der Waals surface area contributed by atoms with Crippen molar-refractivity contribution >= 4 is 33.3 Å². The number of nitrogens with one attached hydrogen (secondary N) is 3. The summed E-state index contributed by atoms with van der Waals surface area (Å²) in [6.45, 7) is 2.10.